The van der Waals surface area contributed by atoms with Crippen LogP contribution in [0.1, 0.15) is 43.9 Å². The molecule has 0 aliphatic carbocycles. The van der Waals surface area contributed by atoms with Gasteiger partial charge in [-0.2, -0.15) is 13.2 Å². The summed E-state index contributed by atoms with van der Waals surface area (Å²) >= 11 is 0. The summed E-state index contributed by atoms with van der Waals surface area (Å²) in [5.74, 6) is -4.52. The van der Waals surface area contributed by atoms with Crippen LogP contribution in [0.4, 0.5) is 32.2 Å². The molecule has 4 heterocycles. The number of nitrogens with zero attached hydrogens (tertiary/aromatic N) is 6. The Bertz CT molecular complexity index is 1320. The minimum atomic E-state index is -5.25. The normalized spacial score (nSPS) is 17.8. The first-order chi connectivity index (χ1) is 20.7. The molecule has 2 fully saturated rings. The van der Waals surface area contributed by atoms with Crippen LogP contribution in [-0.2, 0) is 22.7 Å². The molecule has 16 heteroatoms. The molecule has 2 aromatic rings. The predicted molar refractivity (Wildman–Crippen MR) is 150 cm³/mol. The number of hydrogen-bond acceptors (Lipinski definition) is 7. The van der Waals surface area contributed by atoms with E-state index < -0.39 is 60.6 Å². The van der Waals surface area contributed by atoms with Gasteiger partial charge in [-0.3, -0.25) is 19.5 Å². The van der Waals surface area contributed by atoms with Crippen molar-refractivity contribution in [1.82, 2.24) is 24.7 Å². The van der Waals surface area contributed by atoms with Crippen molar-refractivity contribution in [2.45, 2.75) is 70.4 Å². The molecule has 0 spiro atoms. The summed E-state index contributed by atoms with van der Waals surface area (Å²) in [4.78, 5) is 38.7. The van der Waals surface area contributed by atoms with Crippen LogP contribution in [0.25, 0.3) is 0 Å². The number of carbonyl (C=O) groups is 2. The fourth-order valence-electron chi connectivity index (χ4n) is 5.79. The van der Waals surface area contributed by atoms with Gasteiger partial charge in [-0.1, -0.05) is 0 Å². The van der Waals surface area contributed by atoms with Crippen molar-refractivity contribution >= 4 is 24.7 Å². The quantitative estimate of drug-likeness (QED) is 0.336. The molecule has 4 rings (SSSR count). The summed E-state index contributed by atoms with van der Waals surface area (Å²) in [7, 11) is -0.719. The number of carbonyl (C=O) groups excluding carboxylic acids is 2. The Hall–Kier alpha value is -3.40. The molecule has 2 aliphatic heterocycles. The van der Waals surface area contributed by atoms with E-state index in [1.54, 1.807) is 17.8 Å². The van der Waals surface area contributed by atoms with Gasteiger partial charge in [-0.15, -0.1) is 0 Å². The molecule has 2 saturated heterocycles. The summed E-state index contributed by atoms with van der Waals surface area (Å²) < 4.78 is 83.5. The van der Waals surface area contributed by atoms with Crippen molar-refractivity contribution in [3.05, 3.63) is 53.5 Å². The van der Waals surface area contributed by atoms with Gasteiger partial charge < -0.3 is 19.6 Å². The van der Waals surface area contributed by atoms with Crippen LogP contribution in [0.5, 0.6) is 0 Å². The highest BCUT2D eigenvalue weighted by atomic mass is 19.4. The topological polar surface area (TPSA) is 93.1 Å². The Balaban J connectivity index is 1.35. The molecule has 2 amide bonds. The van der Waals surface area contributed by atoms with Crippen LogP contribution in [0.15, 0.2) is 30.6 Å². The van der Waals surface area contributed by atoms with Gasteiger partial charge in [-0.05, 0) is 44.3 Å². The second-order valence-corrected chi connectivity index (χ2v) is 11.2. The zero-order valence-electron chi connectivity index (χ0n) is 24.5. The zero-order valence-corrected chi connectivity index (χ0v) is 24.5. The summed E-state index contributed by atoms with van der Waals surface area (Å²) in [6.07, 6.45) is -3.24. The second-order valence-electron chi connectivity index (χ2n) is 11.2. The maximum Gasteiger partial charge on any atom is 0.471 e. The molecule has 0 unspecified atom stereocenters. The van der Waals surface area contributed by atoms with Crippen LogP contribution < -0.4 is 4.81 Å². The minimum absolute atomic E-state index is 0.0628. The number of piperidine rings is 2. The molecule has 9 nitrogen and oxygen atoms in total. The predicted octanol–water partition coefficient (Wildman–Crippen LogP) is 3.58. The van der Waals surface area contributed by atoms with Crippen molar-refractivity contribution in [2.24, 2.45) is 0 Å². The third-order valence-electron chi connectivity index (χ3n) is 8.23. The molecule has 1 N–H and O–H groups in total. The molecule has 0 radical (unpaired) electrons. The van der Waals surface area contributed by atoms with Crippen LogP contribution in [0.2, 0.25) is 6.82 Å². The number of halogens is 6. The van der Waals surface area contributed by atoms with Gasteiger partial charge in [0.05, 0.1) is 18.4 Å². The van der Waals surface area contributed by atoms with Gasteiger partial charge >= 0.3 is 19.1 Å². The average Bonchev–Trinajstić information content (AvgIpc) is 2.97. The maximum absolute atomic E-state index is 15.9. The van der Waals surface area contributed by atoms with Gasteiger partial charge in [0, 0.05) is 70.4 Å². The van der Waals surface area contributed by atoms with Crippen molar-refractivity contribution < 1.29 is 41.0 Å². The summed E-state index contributed by atoms with van der Waals surface area (Å²) in [5.41, 5.74) is -1.74. The fourth-order valence-corrected chi connectivity index (χ4v) is 5.79. The van der Waals surface area contributed by atoms with Gasteiger partial charge in [0.25, 0.3) is 5.91 Å². The monoisotopic (exact) mass is 628 g/mol. The van der Waals surface area contributed by atoms with Gasteiger partial charge in [-0.25, -0.2) is 18.2 Å². The molecule has 0 saturated carbocycles. The van der Waals surface area contributed by atoms with Crippen LogP contribution >= 0.6 is 0 Å². The van der Waals surface area contributed by atoms with Crippen LogP contribution in [0.3, 0.4) is 0 Å². The van der Waals surface area contributed by atoms with E-state index in [4.69, 9.17) is 0 Å². The van der Waals surface area contributed by atoms with Crippen molar-refractivity contribution in [3.8, 4) is 0 Å². The lowest BCUT2D eigenvalue weighted by atomic mass is 9.85. The van der Waals surface area contributed by atoms with Gasteiger partial charge in [0.1, 0.15) is 17.5 Å². The fraction of sp³-hybridized carbons (Fsp3) is 0.571. The number of aromatic nitrogens is 2. The van der Waals surface area contributed by atoms with Gasteiger partial charge in [0.2, 0.25) is 0 Å². The highest BCUT2D eigenvalue weighted by Crippen LogP contribution is 2.32. The molecule has 2 aliphatic rings. The van der Waals surface area contributed by atoms with E-state index in [1.807, 2.05) is 24.0 Å². The lowest BCUT2D eigenvalue weighted by Gasteiger charge is -2.42. The standard InChI is InChI=1S/C28H35BF6N6O3/c1-3-41(29(2)44)24-14-19(4-9-36-24)17-38-12-7-27(32,8-13-38)25(42)39-10-5-21(6-11-39)40(26(43)28(33,34)35)18-23-22(31)15-20(30)16-37-23/h4,9,14-16,21,44H,3,5-8,10-13,17-18H2,1-2H3. The molecule has 0 aromatic carbocycles. The lowest BCUT2D eigenvalue weighted by molar-refractivity contribution is -0.189. The van der Waals surface area contributed by atoms with E-state index >= 15 is 4.39 Å². The Labute approximate surface area is 252 Å². The Kier molecular flexibility index (Phi) is 10.4. The zero-order chi connectivity index (χ0) is 32.2. The third kappa shape index (κ3) is 7.81. The number of alkyl halides is 4. The van der Waals surface area contributed by atoms with Crippen molar-refractivity contribution in [3.63, 3.8) is 0 Å². The summed E-state index contributed by atoms with van der Waals surface area (Å²) in [6.45, 7) is 4.19. The first-order valence-corrected chi connectivity index (χ1v) is 14.5. The van der Waals surface area contributed by atoms with E-state index in [2.05, 4.69) is 9.97 Å². The Morgan fingerprint density at radius 2 is 1.77 bits per heavy atom. The third-order valence-corrected chi connectivity index (χ3v) is 8.23. The Morgan fingerprint density at radius 1 is 1.11 bits per heavy atom. The second kappa shape index (κ2) is 13.7. The largest absolute Gasteiger partial charge is 0.471 e. The van der Waals surface area contributed by atoms with E-state index in [1.165, 1.54) is 4.90 Å². The molecule has 44 heavy (non-hydrogen) atoms. The van der Waals surface area contributed by atoms with Crippen LogP contribution in [-0.4, -0.2) is 99.2 Å². The summed E-state index contributed by atoms with van der Waals surface area (Å²) in [6, 6.07) is 3.15. The van der Waals surface area contributed by atoms with E-state index in [-0.39, 0.29) is 38.8 Å². The first kappa shape index (κ1) is 33.5. The highest BCUT2D eigenvalue weighted by molar-refractivity contribution is 6.53. The van der Waals surface area contributed by atoms with E-state index in [0.717, 1.165) is 5.56 Å². The Morgan fingerprint density at radius 3 is 2.34 bits per heavy atom. The first-order valence-electron chi connectivity index (χ1n) is 14.5. The van der Waals surface area contributed by atoms with E-state index in [0.29, 0.717) is 49.2 Å². The molecular weight excluding hydrogens is 593 g/mol. The average molecular weight is 628 g/mol. The summed E-state index contributed by atoms with van der Waals surface area (Å²) in [5, 5.41) is 9.98. The number of likely N-dealkylation sites (tertiary alicyclic amines) is 2. The van der Waals surface area contributed by atoms with Crippen LogP contribution in [0, 0.1) is 11.6 Å². The maximum atomic E-state index is 15.9. The molecular formula is C28H35BF6N6O3. The van der Waals surface area contributed by atoms with E-state index in [9.17, 15) is 36.6 Å². The van der Waals surface area contributed by atoms with Gasteiger partial charge in [0.15, 0.2) is 5.67 Å². The minimum Gasteiger partial charge on any atom is -0.432 e. The van der Waals surface area contributed by atoms with Crippen molar-refractivity contribution in [2.75, 3.05) is 37.5 Å². The smallest absolute Gasteiger partial charge is 0.432 e. The molecule has 0 bridgehead atoms. The molecule has 0 atom stereocenters. The SMILES string of the molecule is CCN(B(C)O)c1cc(CN2CCC(F)(C(=O)N3CCC(N(Cc4ncc(F)cc4F)C(=O)C(F)(F)F)CC3)CC2)ccn1. The number of pyridine rings is 2. The van der Waals surface area contributed by atoms with Crippen molar-refractivity contribution in [1.29, 1.82) is 0 Å². The number of anilines is 1. The lowest BCUT2D eigenvalue weighted by Crippen LogP contribution is -2.56. The number of hydrogen-bond donors (Lipinski definition) is 1. The number of amides is 2. The highest BCUT2D eigenvalue weighted by Gasteiger charge is 2.48. The molecule has 240 valence electrons. The number of rotatable bonds is 9. The molecule has 2 aromatic heterocycles.